The zero-order chi connectivity index (χ0) is 15.4. The van der Waals surface area contributed by atoms with Crippen molar-refractivity contribution in [1.82, 2.24) is 20.1 Å². The van der Waals surface area contributed by atoms with Crippen molar-refractivity contribution in [1.29, 1.82) is 0 Å². The summed E-state index contributed by atoms with van der Waals surface area (Å²) in [6.07, 6.45) is 1.45. The molecule has 0 unspecified atom stereocenters. The zero-order valence-electron chi connectivity index (χ0n) is 12.5. The van der Waals surface area contributed by atoms with E-state index in [0.29, 0.717) is 10.9 Å². The van der Waals surface area contributed by atoms with E-state index >= 15 is 0 Å². The van der Waals surface area contributed by atoms with Crippen LogP contribution in [0.15, 0.2) is 35.7 Å². The molecular formula is C15H19N5OS. The van der Waals surface area contributed by atoms with Crippen molar-refractivity contribution < 1.29 is 4.79 Å². The van der Waals surface area contributed by atoms with E-state index in [2.05, 4.69) is 51.3 Å². The SMILES string of the molecule is Cc1cccc(N2CCN(C(=O)CSc3ncn[nH]3)CC2)c1. The topological polar surface area (TPSA) is 65.1 Å². The minimum absolute atomic E-state index is 0.158. The number of aromatic amines is 1. The van der Waals surface area contributed by atoms with Gasteiger partial charge in [0.1, 0.15) is 6.33 Å². The van der Waals surface area contributed by atoms with Gasteiger partial charge in [0.15, 0.2) is 5.16 Å². The molecule has 0 radical (unpaired) electrons. The van der Waals surface area contributed by atoms with Crippen molar-refractivity contribution in [2.45, 2.75) is 12.1 Å². The van der Waals surface area contributed by atoms with E-state index in [9.17, 15) is 4.79 Å². The lowest BCUT2D eigenvalue weighted by Crippen LogP contribution is -2.49. The number of aryl methyl sites for hydroxylation is 1. The van der Waals surface area contributed by atoms with E-state index < -0.39 is 0 Å². The van der Waals surface area contributed by atoms with Gasteiger partial charge in [-0.2, -0.15) is 5.10 Å². The molecule has 1 aromatic carbocycles. The highest BCUT2D eigenvalue weighted by atomic mass is 32.2. The molecule has 1 N–H and O–H groups in total. The molecule has 2 aromatic rings. The summed E-state index contributed by atoms with van der Waals surface area (Å²) in [6.45, 7) is 5.39. The number of aromatic nitrogens is 3. The Hall–Kier alpha value is -2.02. The second kappa shape index (κ2) is 6.83. The van der Waals surface area contributed by atoms with Crippen LogP contribution in [0.1, 0.15) is 5.56 Å². The van der Waals surface area contributed by atoms with Crippen molar-refractivity contribution in [2.24, 2.45) is 0 Å². The van der Waals surface area contributed by atoms with Gasteiger partial charge in [-0.1, -0.05) is 23.9 Å². The lowest BCUT2D eigenvalue weighted by molar-refractivity contribution is -0.128. The first-order valence-electron chi connectivity index (χ1n) is 7.30. The van der Waals surface area contributed by atoms with Gasteiger partial charge in [0.2, 0.25) is 5.91 Å². The number of rotatable bonds is 4. The molecule has 0 atom stereocenters. The van der Waals surface area contributed by atoms with Crippen molar-refractivity contribution in [3.63, 3.8) is 0 Å². The normalized spacial score (nSPS) is 15.1. The van der Waals surface area contributed by atoms with Crippen molar-refractivity contribution in [2.75, 3.05) is 36.8 Å². The number of hydrogen-bond donors (Lipinski definition) is 1. The third kappa shape index (κ3) is 3.59. The van der Waals surface area contributed by atoms with Crippen LogP contribution in [0.5, 0.6) is 0 Å². The van der Waals surface area contributed by atoms with Crippen molar-refractivity contribution in [3.8, 4) is 0 Å². The third-order valence-electron chi connectivity index (χ3n) is 3.72. The first kappa shape index (κ1) is 14.9. The van der Waals surface area contributed by atoms with Crippen LogP contribution in [0.2, 0.25) is 0 Å². The number of anilines is 1. The summed E-state index contributed by atoms with van der Waals surface area (Å²) >= 11 is 1.39. The number of amides is 1. The number of carbonyl (C=O) groups is 1. The molecule has 2 heterocycles. The average molecular weight is 317 g/mol. The molecule has 3 rings (SSSR count). The van der Waals surface area contributed by atoms with Gasteiger partial charge in [-0.15, -0.1) is 0 Å². The number of H-pyrrole nitrogens is 1. The number of carbonyl (C=O) groups excluding carboxylic acids is 1. The molecule has 1 aromatic heterocycles. The van der Waals surface area contributed by atoms with Crippen LogP contribution in [0, 0.1) is 6.92 Å². The van der Waals surface area contributed by atoms with Crippen LogP contribution in [0.4, 0.5) is 5.69 Å². The summed E-state index contributed by atoms with van der Waals surface area (Å²) in [5.41, 5.74) is 2.50. The molecular weight excluding hydrogens is 298 g/mol. The zero-order valence-corrected chi connectivity index (χ0v) is 13.3. The summed E-state index contributed by atoms with van der Waals surface area (Å²) in [4.78, 5) is 20.5. The Balaban J connectivity index is 1.49. The van der Waals surface area contributed by atoms with Gasteiger partial charge < -0.3 is 9.80 Å². The Morgan fingerprint density at radius 3 is 2.82 bits per heavy atom. The van der Waals surface area contributed by atoms with E-state index in [-0.39, 0.29) is 5.91 Å². The molecule has 6 nitrogen and oxygen atoms in total. The number of thioether (sulfide) groups is 1. The minimum Gasteiger partial charge on any atom is -0.368 e. The predicted molar refractivity (Wildman–Crippen MR) is 87.1 cm³/mol. The molecule has 1 fully saturated rings. The molecule has 0 spiro atoms. The minimum atomic E-state index is 0.158. The Labute approximate surface area is 133 Å². The molecule has 116 valence electrons. The molecule has 1 aliphatic heterocycles. The lowest BCUT2D eigenvalue weighted by Gasteiger charge is -2.36. The number of piperazine rings is 1. The highest BCUT2D eigenvalue weighted by molar-refractivity contribution is 7.99. The van der Waals surface area contributed by atoms with Crippen LogP contribution in [-0.2, 0) is 4.79 Å². The fourth-order valence-corrected chi connectivity index (χ4v) is 3.21. The Morgan fingerprint density at radius 2 is 2.14 bits per heavy atom. The highest BCUT2D eigenvalue weighted by Gasteiger charge is 2.21. The number of hydrogen-bond acceptors (Lipinski definition) is 5. The van der Waals surface area contributed by atoms with E-state index in [1.807, 2.05) is 4.90 Å². The van der Waals surface area contributed by atoms with Crippen LogP contribution in [-0.4, -0.2) is 57.9 Å². The summed E-state index contributed by atoms with van der Waals surface area (Å²) in [7, 11) is 0. The maximum atomic E-state index is 12.2. The molecule has 7 heteroatoms. The fourth-order valence-electron chi connectivity index (χ4n) is 2.52. The van der Waals surface area contributed by atoms with Crippen LogP contribution in [0.25, 0.3) is 0 Å². The smallest absolute Gasteiger partial charge is 0.233 e. The predicted octanol–water partition coefficient (Wildman–Crippen LogP) is 1.55. The van der Waals surface area contributed by atoms with Crippen LogP contribution < -0.4 is 4.90 Å². The van der Waals surface area contributed by atoms with E-state index in [0.717, 1.165) is 26.2 Å². The van der Waals surface area contributed by atoms with E-state index in [1.54, 1.807) is 0 Å². The first-order valence-corrected chi connectivity index (χ1v) is 8.28. The molecule has 0 aliphatic carbocycles. The standard InChI is InChI=1S/C15H19N5OS/c1-12-3-2-4-13(9-12)19-5-7-20(8-6-19)14(21)10-22-15-16-11-17-18-15/h2-4,9,11H,5-8,10H2,1H3,(H,16,17,18). The Morgan fingerprint density at radius 1 is 1.32 bits per heavy atom. The fraction of sp³-hybridized carbons (Fsp3) is 0.400. The van der Waals surface area contributed by atoms with Gasteiger partial charge in [-0.3, -0.25) is 9.89 Å². The largest absolute Gasteiger partial charge is 0.368 e. The molecule has 0 bridgehead atoms. The van der Waals surface area contributed by atoms with E-state index in [4.69, 9.17) is 0 Å². The number of nitrogens with one attached hydrogen (secondary N) is 1. The molecule has 1 aliphatic rings. The summed E-state index contributed by atoms with van der Waals surface area (Å²) in [6, 6.07) is 8.50. The molecule has 1 saturated heterocycles. The summed E-state index contributed by atoms with van der Waals surface area (Å²) in [5.74, 6) is 0.560. The highest BCUT2D eigenvalue weighted by Crippen LogP contribution is 2.18. The monoisotopic (exact) mass is 317 g/mol. The second-order valence-electron chi connectivity index (χ2n) is 5.29. The summed E-state index contributed by atoms with van der Waals surface area (Å²) < 4.78 is 0. The third-order valence-corrected chi connectivity index (χ3v) is 4.59. The van der Waals surface area contributed by atoms with Gasteiger partial charge in [-0.25, -0.2) is 4.98 Å². The lowest BCUT2D eigenvalue weighted by atomic mass is 10.2. The van der Waals surface area contributed by atoms with Gasteiger partial charge in [0, 0.05) is 31.9 Å². The molecule has 0 saturated carbocycles. The van der Waals surface area contributed by atoms with Gasteiger partial charge >= 0.3 is 0 Å². The van der Waals surface area contributed by atoms with Crippen molar-refractivity contribution in [3.05, 3.63) is 36.2 Å². The Kier molecular flexibility index (Phi) is 4.62. The van der Waals surface area contributed by atoms with Gasteiger partial charge in [0.25, 0.3) is 0 Å². The Bertz CT molecular complexity index is 623. The van der Waals surface area contributed by atoms with Crippen LogP contribution in [0.3, 0.4) is 0 Å². The molecule has 1 amide bonds. The quantitative estimate of drug-likeness (QED) is 0.867. The summed E-state index contributed by atoms with van der Waals surface area (Å²) in [5, 5.41) is 7.21. The number of benzene rings is 1. The van der Waals surface area contributed by atoms with Gasteiger partial charge in [0.05, 0.1) is 5.75 Å². The average Bonchev–Trinajstić information content (AvgIpc) is 3.06. The van der Waals surface area contributed by atoms with Gasteiger partial charge in [-0.05, 0) is 24.6 Å². The second-order valence-corrected chi connectivity index (χ2v) is 6.25. The van der Waals surface area contributed by atoms with E-state index in [1.165, 1.54) is 29.3 Å². The number of nitrogens with zero attached hydrogens (tertiary/aromatic N) is 4. The maximum Gasteiger partial charge on any atom is 0.233 e. The first-order chi connectivity index (χ1) is 10.7. The van der Waals surface area contributed by atoms with Crippen molar-refractivity contribution >= 4 is 23.4 Å². The maximum absolute atomic E-state index is 12.2. The van der Waals surface area contributed by atoms with Crippen LogP contribution >= 0.6 is 11.8 Å². The molecule has 22 heavy (non-hydrogen) atoms.